The molecule has 0 saturated carbocycles. The summed E-state index contributed by atoms with van der Waals surface area (Å²) in [5, 5.41) is 0.420. The van der Waals surface area contributed by atoms with Crippen LogP contribution in [-0.2, 0) is 0 Å². The third kappa shape index (κ3) is 2.29. The summed E-state index contributed by atoms with van der Waals surface area (Å²) in [5.41, 5.74) is 6.60. The molecule has 1 aromatic carbocycles. The smallest absolute Gasteiger partial charge is 0.204 e. The lowest BCUT2D eigenvalue weighted by Crippen LogP contribution is -2.00. The van der Waals surface area contributed by atoms with Crippen LogP contribution < -0.4 is 5.73 Å². The van der Waals surface area contributed by atoms with Crippen molar-refractivity contribution in [1.82, 2.24) is 0 Å². The van der Waals surface area contributed by atoms with E-state index in [4.69, 9.17) is 17.3 Å². The van der Waals surface area contributed by atoms with Crippen LogP contribution in [0.4, 0.5) is 5.69 Å². The van der Waals surface area contributed by atoms with E-state index in [-0.39, 0.29) is 5.78 Å². The molecule has 0 aliphatic heterocycles. The van der Waals surface area contributed by atoms with E-state index >= 15 is 0 Å². The molecule has 2 aromatic rings. The number of carbonyl (C=O) groups excluding carboxylic acids is 1. The Hall–Kier alpha value is -0.840. The number of nitrogens with two attached hydrogens (primary N) is 1. The standard InChI is InChI=1S/C11H7BrClNOS/c12-10-4-3-9(16-10)11(15)7-5-6(14)1-2-8(7)13/h1-5H,14H2. The van der Waals surface area contributed by atoms with Gasteiger partial charge in [0.1, 0.15) is 0 Å². The molecular formula is C11H7BrClNOS. The molecule has 0 saturated heterocycles. The van der Waals surface area contributed by atoms with Gasteiger partial charge < -0.3 is 5.73 Å². The van der Waals surface area contributed by atoms with Gasteiger partial charge >= 0.3 is 0 Å². The molecule has 0 aliphatic rings. The Morgan fingerprint density at radius 2 is 2.06 bits per heavy atom. The summed E-state index contributed by atoms with van der Waals surface area (Å²) in [5.74, 6) is -0.104. The predicted octanol–water partition coefficient (Wildman–Crippen LogP) is 3.98. The third-order valence-electron chi connectivity index (χ3n) is 2.03. The highest BCUT2D eigenvalue weighted by molar-refractivity contribution is 9.11. The second-order valence-corrected chi connectivity index (χ2v) is 6.04. The van der Waals surface area contributed by atoms with Crippen molar-refractivity contribution in [1.29, 1.82) is 0 Å². The number of anilines is 1. The van der Waals surface area contributed by atoms with Crippen LogP contribution in [0.1, 0.15) is 15.2 Å². The van der Waals surface area contributed by atoms with E-state index in [2.05, 4.69) is 15.9 Å². The number of hydrogen-bond donors (Lipinski definition) is 1. The average molecular weight is 317 g/mol. The van der Waals surface area contributed by atoms with Gasteiger partial charge in [-0.05, 0) is 46.3 Å². The van der Waals surface area contributed by atoms with Crippen molar-refractivity contribution in [2.24, 2.45) is 0 Å². The Balaban J connectivity index is 2.45. The minimum Gasteiger partial charge on any atom is -0.399 e. The minimum absolute atomic E-state index is 0.104. The molecule has 82 valence electrons. The van der Waals surface area contributed by atoms with Gasteiger partial charge in [-0.1, -0.05) is 11.6 Å². The van der Waals surface area contributed by atoms with E-state index in [1.54, 1.807) is 24.3 Å². The lowest BCUT2D eigenvalue weighted by molar-refractivity contribution is 0.104. The molecule has 2 rings (SSSR count). The first-order valence-electron chi connectivity index (χ1n) is 4.43. The molecule has 0 unspecified atom stereocenters. The van der Waals surface area contributed by atoms with Gasteiger partial charge in [0, 0.05) is 11.3 Å². The number of benzene rings is 1. The summed E-state index contributed by atoms with van der Waals surface area (Å²) in [6, 6.07) is 8.49. The first kappa shape index (κ1) is 11.6. The van der Waals surface area contributed by atoms with Gasteiger partial charge in [-0.2, -0.15) is 0 Å². The zero-order valence-corrected chi connectivity index (χ0v) is 11.2. The third-order valence-corrected chi connectivity index (χ3v) is 3.98. The molecule has 2 nitrogen and oxygen atoms in total. The van der Waals surface area contributed by atoms with Crippen LogP contribution in [-0.4, -0.2) is 5.78 Å². The fourth-order valence-corrected chi connectivity index (χ4v) is 2.83. The van der Waals surface area contributed by atoms with Crippen LogP contribution in [0.3, 0.4) is 0 Å². The van der Waals surface area contributed by atoms with Gasteiger partial charge in [-0.3, -0.25) is 4.79 Å². The summed E-state index contributed by atoms with van der Waals surface area (Å²) in [6.45, 7) is 0. The molecule has 2 N–H and O–H groups in total. The predicted molar refractivity (Wildman–Crippen MR) is 71.3 cm³/mol. The summed E-state index contributed by atoms with van der Waals surface area (Å²) >= 11 is 10.7. The number of ketones is 1. The topological polar surface area (TPSA) is 43.1 Å². The number of carbonyl (C=O) groups is 1. The maximum atomic E-state index is 12.1. The van der Waals surface area contributed by atoms with Crippen LogP contribution in [0.5, 0.6) is 0 Å². The van der Waals surface area contributed by atoms with Gasteiger partial charge in [0.15, 0.2) is 0 Å². The highest BCUT2D eigenvalue weighted by Crippen LogP contribution is 2.27. The minimum atomic E-state index is -0.104. The summed E-state index contributed by atoms with van der Waals surface area (Å²) in [7, 11) is 0. The van der Waals surface area contributed by atoms with Gasteiger partial charge in [-0.25, -0.2) is 0 Å². The molecule has 0 radical (unpaired) electrons. The number of rotatable bonds is 2. The quantitative estimate of drug-likeness (QED) is 0.673. The molecule has 0 atom stereocenters. The molecule has 1 heterocycles. The first-order valence-corrected chi connectivity index (χ1v) is 6.42. The van der Waals surface area contributed by atoms with Crippen LogP contribution in [0.2, 0.25) is 5.02 Å². The SMILES string of the molecule is Nc1ccc(Cl)c(C(=O)c2ccc(Br)s2)c1. The van der Waals surface area contributed by atoms with Gasteiger partial charge in [0.25, 0.3) is 0 Å². The van der Waals surface area contributed by atoms with Crippen molar-refractivity contribution in [3.63, 3.8) is 0 Å². The Morgan fingerprint density at radius 1 is 1.31 bits per heavy atom. The van der Waals surface area contributed by atoms with Crippen molar-refractivity contribution in [2.75, 3.05) is 5.73 Å². The van der Waals surface area contributed by atoms with Crippen molar-refractivity contribution in [3.05, 3.63) is 49.6 Å². The van der Waals surface area contributed by atoms with E-state index in [1.807, 2.05) is 6.07 Å². The van der Waals surface area contributed by atoms with E-state index in [0.29, 0.717) is 21.2 Å². The summed E-state index contributed by atoms with van der Waals surface area (Å²) in [4.78, 5) is 12.7. The largest absolute Gasteiger partial charge is 0.399 e. The van der Waals surface area contributed by atoms with Gasteiger partial charge in [-0.15, -0.1) is 11.3 Å². The van der Waals surface area contributed by atoms with Crippen LogP contribution in [0.25, 0.3) is 0 Å². The fraction of sp³-hybridized carbons (Fsp3) is 0. The van der Waals surface area contributed by atoms with E-state index in [9.17, 15) is 4.79 Å². The highest BCUT2D eigenvalue weighted by atomic mass is 79.9. The van der Waals surface area contributed by atoms with Crippen molar-refractivity contribution >= 4 is 50.3 Å². The number of hydrogen-bond acceptors (Lipinski definition) is 3. The maximum absolute atomic E-state index is 12.1. The Kier molecular flexibility index (Phi) is 3.33. The lowest BCUT2D eigenvalue weighted by atomic mass is 10.1. The van der Waals surface area contributed by atoms with Crippen molar-refractivity contribution < 1.29 is 4.79 Å². The molecular weight excluding hydrogens is 310 g/mol. The molecule has 0 spiro atoms. The van der Waals surface area contributed by atoms with Crippen molar-refractivity contribution in [3.8, 4) is 0 Å². The van der Waals surface area contributed by atoms with Crippen LogP contribution in [0, 0.1) is 0 Å². The molecule has 0 amide bonds. The normalized spacial score (nSPS) is 10.4. The van der Waals surface area contributed by atoms with Crippen LogP contribution in [0.15, 0.2) is 34.1 Å². The molecule has 5 heteroatoms. The maximum Gasteiger partial charge on any atom is 0.204 e. The highest BCUT2D eigenvalue weighted by Gasteiger charge is 2.14. The Morgan fingerprint density at radius 3 is 2.69 bits per heavy atom. The lowest BCUT2D eigenvalue weighted by Gasteiger charge is -2.02. The fourth-order valence-electron chi connectivity index (χ4n) is 1.29. The van der Waals surface area contributed by atoms with Gasteiger partial charge in [0.05, 0.1) is 13.7 Å². The molecule has 0 aliphatic carbocycles. The monoisotopic (exact) mass is 315 g/mol. The molecule has 16 heavy (non-hydrogen) atoms. The average Bonchev–Trinajstić information content (AvgIpc) is 2.67. The summed E-state index contributed by atoms with van der Waals surface area (Å²) < 4.78 is 0.913. The summed E-state index contributed by atoms with van der Waals surface area (Å²) in [6.07, 6.45) is 0. The molecule has 0 fully saturated rings. The second-order valence-electron chi connectivity index (χ2n) is 3.17. The molecule has 0 bridgehead atoms. The second kappa shape index (κ2) is 4.57. The van der Waals surface area contributed by atoms with E-state index < -0.39 is 0 Å². The number of thiophene rings is 1. The van der Waals surface area contributed by atoms with Gasteiger partial charge in [0.2, 0.25) is 5.78 Å². The zero-order valence-electron chi connectivity index (χ0n) is 8.04. The Bertz CT molecular complexity index is 553. The number of halogens is 2. The van der Waals surface area contributed by atoms with Crippen LogP contribution >= 0.6 is 38.9 Å². The Labute approximate surface area is 110 Å². The van der Waals surface area contributed by atoms with E-state index in [0.717, 1.165) is 3.79 Å². The molecule has 1 aromatic heterocycles. The van der Waals surface area contributed by atoms with E-state index in [1.165, 1.54) is 11.3 Å². The first-order chi connectivity index (χ1) is 7.58. The number of nitrogen functional groups attached to an aromatic ring is 1. The van der Waals surface area contributed by atoms with Crippen molar-refractivity contribution in [2.45, 2.75) is 0 Å². The zero-order chi connectivity index (χ0) is 11.7.